The molecular formula is C32H46O4. The minimum Gasteiger partial charge on any atom is -0.393 e. The van der Waals surface area contributed by atoms with Crippen molar-refractivity contribution in [3.8, 4) is 0 Å². The van der Waals surface area contributed by atoms with Gasteiger partial charge in [0, 0.05) is 17.3 Å². The van der Waals surface area contributed by atoms with Crippen LogP contribution in [0.15, 0.2) is 71.9 Å². The molecule has 0 amide bonds. The van der Waals surface area contributed by atoms with Crippen LogP contribution in [0.25, 0.3) is 0 Å². The summed E-state index contributed by atoms with van der Waals surface area (Å²) in [5.74, 6) is 0.0761. The third kappa shape index (κ3) is 5.46. The van der Waals surface area contributed by atoms with Gasteiger partial charge in [-0.25, -0.2) is 0 Å². The van der Waals surface area contributed by atoms with Crippen molar-refractivity contribution in [2.45, 2.75) is 104 Å². The number of ether oxygens (including phenoxy) is 1. The number of hydrogen-bond donors (Lipinski definition) is 2. The van der Waals surface area contributed by atoms with Crippen LogP contribution in [0.5, 0.6) is 0 Å². The molecule has 0 spiro atoms. The molecule has 1 aliphatic heterocycles. The van der Waals surface area contributed by atoms with Crippen molar-refractivity contribution < 1.29 is 19.7 Å². The Balaban J connectivity index is 1.54. The molecule has 0 aromatic carbocycles. The van der Waals surface area contributed by atoms with Crippen molar-refractivity contribution in [1.29, 1.82) is 0 Å². The maximum atomic E-state index is 12.8. The Morgan fingerprint density at radius 2 is 1.31 bits per heavy atom. The number of carbonyl (C=O) groups is 1. The van der Waals surface area contributed by atoms with Crippen molar-refractivity contribution in [3.63, 3.8) is 0 Å². The van der Waals surface area contributed by atoms with Crippen molar-refractivity contribution >= 4 is 5.78 Å². The number of aliphatic hydroxyl groups is 2. The van der Waals surface area contributed by atoms with Crippen LogP contribution in [0.2, 0.25) is 0 Å². The van der Waals surface area contributed by atoms with E-state index >= 15 is 0 Å². The largest absolute Gasteiger partial charge is 0.393 e. The van der Waals surface area contributed by atoms with Gasteiger partial charge in [0.2, 0.25) is 0 Å². The van der Waals surface area contributed by atoms with Crippen LogP contribution in [0.4, 0.5) is 0 Å². The second-order valence-corrected chi connectivity index (χ2v) is 12.9. The van der Waals surface area contributed by atoms with Crippen LogP contribution in [0.1, 0.15) is 81.1 Å². The first-order valence-corrected chi connectivity index (χ1v) is 13.2. The molecule has 36 heavy (non-hydrogen) atoms. The van der Waals surface area contributed by atoms with E-state index in [0.29, 0.717) is 19.3 Å². The van der Waals surface area contributed by atoms with Gasteiger partial charge in [0.25, 0.3) is 0 Å². The second-order valence-electron chi connectivity index (χ2n) is 12.9. The molecule has 3 unspecified atom stereocenters. The Morgan fingerprint density at radius 1 is 0.722 bits per heavy atom. The highest BCUT2D eigenvalue weighted by Gasteiger charge is 2.74. The molecule has 0 bridgehead atoms. The Hall–Kier alpha value is -2.01. The first-order chi connectivity index (χ1) is 16.6. The molecule has 4 nitrogen and oxygen atoms in total. The molecule has 0 aromatic heterocycles. The zero-order valence-electron chi connectivity index (χ0n) is 23.5. The van der Waals surface area contributed by atoms with Gasteiger partial charge in [0.05, 0.1) is 12.2 Å². The summed E-state index contributed by atoms with van der Waals surface area (Å²) < 4.78 is 6.21. The van der Waals surface area contributed by atoms with Crippen LogP contribution in [0.3, 0.4) is 0 Å². The molecule has 4 heteroatoms. The maximum Gasteiger partial charge on any atom is 0.162 e. The number of fused-ring (bicyclic) bond motifs is 1. The number of hydrogen-bond acceptors (Lipinski definition) is 4. The van der Waals surface area contributed by atoms with E-state index in [9.17, 15) is 15.0 Å². The van der Waals surface area contributed by atoms with E-state index in [1.165, 1.54) is 0 Å². The highest BCUT2D eigenvalue weighted by molar-refractivity contribution is 5.95. The van der Waals surface area contributed by atoms with Crippen molar-refractivity contribution in [2.24, 2.45) is 16.2 Å². The van der Waals surface area contributed by atoms with Crippen LogP contribution < -0.4 is 0 Å². The van der Waals surface area contributed by atoms with E-state index in [1.54, 1.807) is 12.2 Å². The quantitative estimate of drug-likeness (QED) is 0.227. The first kappa shape index (κ1) is 28.6. The molecule has 3 fully saturated rings. The average Bonchev–Trinajstić information content (AvgIpc) is 3.29. The molecule has 0 radical (unpaired) electrons. The van der Waals surface area contributed by atoms with Gasteiger partial charge in [-0.3, -0.25) is 4.79 Å². The third-order valence-corrected chi connectivity index (χ3v) is 9.06. The molecule has 2 aliphatic carbocycles. The molecule has 1 saturated heterocycles. The number of aliphatic hydroxyl groups excluding tert-OH is 2. The average molecular weight is 495 g/mol. The summed E-state index contributed by atoms with van der Waals surface area (Å²) in [6.07, 6.45) is 21.6. The Bertz CT molecular complexity index is 1040. The minimum atomic E-state index is -0.526. The van der Waals surface area contributed by atoms with Gasteiger partial charge >= 0.3 is 0 Å². The number of carbonyl (C=O) groups excluding carboxylic acids is 1. The molecular weight excluding hydrogens is 448 g/mol. The zero-order chi connectivity index (χ0) is 27.0. The van der Waals surface area contributed by atoms with E-state index in [4.69, 9.17) is 4.74 Å². The Kier molecular flexibility index (Phi) is 7.96. The molecule has 5 atom stereocenters. The molecule has 1 heterocycles. The predicted octanol–water partition coefficient (Wildman–Crippen LogP) is 6.57. The van der Waals surface area contributed by atoms with E-state index in [-0.39, 0.29) is 33.9 Å². The van der Waals surface area contributed by atoms with Gasteiger partial charge in [-0.1, -0.05) is 94.4 Å². The summed E-state index contributed by atoms with van der Waals surface area (Å²) in [4.78, 5) is 12.8. The number of rotatable bonds is 8. The van der Waals surface area contributed by atoms with Crippen LogP contribution in [0, 0.1) is 16.2 Å². The highest BCUT2D eigenvalue weighted by Crippen LogP contribution is 2.66. The van der Waals surface area contributed by atoms with Gasteiger partial charge in [-0.05, 0) is 57.6 Å². The SMILES string of the molecule is CC(/C=C/C=C(C)/C=C/C12OC1(C)C[C@H](O)CC2(C)C)=C\C=C\C=C\C(=O)C1(C)C[C@@H](O)CC1(C)C. The topological polar surface area (TPSA) is 70.1 Å². The molecule has 198 valence electrons. The standard InChI is InChI=1S/C32H46O4/c1-23(13-10-9-11-16-27(35)30(7)21-25(33)19-28(30,3)4)14-12-15-24(2)17-18-32-29(5,6)20-26(34)22-31(32,8)36-32/h9-18,25-26,33-34H,19-22H2,1-8H3/b10-9+,14-12+,16-11+,18-17+,23-13+,24-15+/t25-,26+,30?,31?,32?/m0/s1. The lowest BCUT2D eigenvalue weighted by Gasteiger charge is -2.39. The lowest BCUT2D eigenvalue weighted by atomic mass is 9.63. The molecule has 0 aromatic rings. The van der Waals surface area contributed by atoms with Gasteiger partial charge < -0.3 is 14.9 Å². The summed E-state index contributed by atoms with van der Waals surface area (Å²) in [7, 11) is 0. The molecule has 2 saturated carbocycles. The summed E-state index contributed by atoms with van der Waals surface area (Å²) in [6.45, 7) is 16.7. The van der Waals surface area contributed by atoms with Gasteiger partial charge in [0.1, 0.15) is 11.2 Å². The lowest BCUT2D eigenvalue weighted by molar-refractivity contribution is -0.127. The van der Waals surface area contributed by atoms with Gasteiger partial charge in [-0.2, -0.15) is 0 Å². The fourth-order valence-corrected chi connectivity index (χ4v) is 6.45. The predicted molar refractivity (Wildman–Crippen MR) is 147 cm³/mol. The van der Waals surface area contributed by atoms with Crippen LogP contribution in [-0.4, -0.2) is 39.4 Å². The van der Waals surface area contributed by atoms with E-state index in [0.717, 1.165) is 17.6 Å². The van der Waals surface area contributed by atoms with Crippen LogP contribution >= 0.6 is 0 Å². The lowest BCUT2D eigenvalue weighted by Crippen LogP contribution is -2.46. The summed E-state index contributed by atoms with van der Waals surface area (Å²) in [6, 6.07) is 0. The zero-order valence-corrected chi connectivity index (χ0v) is 23.5. The minimum absolute atomic E-state index is 0.0761. The van der Waals surface area contributed by atoms with E-state index in [1.807, 2.05) is 38.2 Å². The summed E-state index contributed by atoms with van der Waals surface area (Å²) in [5.41, 5.74) is 0.810. The fourth-order valence-electron chi connectivity index (χ4n) is 6.45. The number of epoxide rings is 1. The summed E-state index contributed by atoms with van der Waals surface area (Å²) in [5, 5.41) is 20.2. The third-order valence-electron chi connectivity index (χ3n) is 9.06. The second kappa shape index (κ2) is 10.0. The van der Waals surface area contributed by atoms with Crippen molar-refractivity contribution in [3.05, 3.63) is 71.9 Å². The first-order valence-electron chi connectivity index (χ1n) is 13.2. The molecule has 3 aliphatic rings. The highest BCUT2D eigenvalue weighted by atomic mass is 16.6. The summed E-state index contributed by atoms with van der Waals surface area (Å²) >= 11 is 0. The van der Waals surface area contributed by atoms with E-state index in [2.05, 4.69) is 65.8 Å². The van der Waals surface area contributed by atoms with Gasteiger partial charge in [-0.15, -0.1) is 0 Å². The Labute approximate surface area is 218 Å². The smallest absolute Gasteiger partial charge is 0.162 e. The fraction of sp³-hybridized carbons (Fsp3) is 0.594. The number of allylic oxidation sites excluding steroid dienone is 11. The molecule has 2 N–H and O–H groups in total. The molecule has 3 rings (SSSR count). The van der Waals surface area contributed by atoms with Gasteiger partial charge in [0.15, 0.2) is 5.78 Å². The normalized spacial score (nSPS) is 38.5. The monoisotopic (exact) mass is 494 g/mol. The Morgan fingerprint density at radius 3 is 1.92 bits per heavy atom. The van der Waals surface area contributed by atoms with Crippen molar-refractivity contribution in [2.75, 3.05) is 0 Å². The van der Waals surface area contributed by atoms with Crippen molar-refractivity contribution in [1.82, 2.24) is 0 Å². The maximum absolute atomic E-state index is 12.8. The van der Waals surface area contributed by atoms with E-state index < -0.39 is 11.5 Å². The van der Waals surface area contributed by atoms with Crippen LogP contribution in [-0.2, 0) is 9.53 Å². The number of ketones is 1.